The van der Waals surface area contributed by atoms with Crippen LogP contribution in [0.4, 0.5) is 0 Å². The van der Waals surface area contributed by atoms with Crippen LogP contribution in [0.1, 0.15) is 37.8 Å². The van der Waals surface area contributed by atoms with Crippen LogP contribution in [0.5, 0.6) is 5.75 Å². The van der Waals surface area contributed by atoms with Gasteiger partial charge in [-0.1, -0.05) is 18.2 Å². The van der Waals surface area contributed by atoms with Gasteiger partial charge in [-0.15, -0.1) is 0 Å². The summed E-state index contributed by atoms with van der Waals surface area (Å²) in [6.45, 7) is 5.93. The highest BCUT2D eigenvalue weighted by Crippen LogP contribution is 2.32. The molecule has 3 nitrogen and oxygen atoms in total. The third-order valence-electron chi connectivity index (χ3n) is 4.70. The summed E-state index contributed by atoms with van der Waals surface area (Å²) < 4.78 is 5.45. The molecule has 1 heterocycles. The Bertz CT molecular complexity index is 444. The first kappa shape index (κ1) is 13.9. The molecule has 1 aliphatic heterocycles. The SMILES string of the molecule is COc1ccccc1C(C)NCC1CCN(C2CC2)C1. The smallest absolute Gasteiger partial charge is 0.123 e. The maximum Gasteiger partial charge on any atom is 0.123 e. The molecule has 1 aromatic rings. The Labute approximate surface area is 122 Å². The molecule has 2 aliphatic rings. The number of methoxy groups -OCH3 is 1. The van der Waals surface area contributed by atoms with Crippen LogP contribution in [0.3, 0.4) is 0 Å². The molecule has 1 saturated heterocycles. The standard InChI is InChI=1S/C17H26N2O/c1-13(16-5-3-4-6-17(16)20-2)18-11-14-9-10-19(12-14)15-7-8-15/h3-6,13-15,18H,7-12H2,1-2H3. The number of likely N-dealkylation sites (tertiary alicyclic amines) is 1. The van der Waals surface area contributed by atoms with Crippen LogP contribution >= 0.6 is 0 Å². The van der Waals surface area contributed by atoms with Gasteiger partial charge in [-0.3, -0.25) is 0 Å². The van der Waals surface area contributed by atoms with Gasteiger partial charge in [0.15, 0.2) is 0 Å². The third kappa shape index (κ3) is 3.15. The Morgan fingerprint density at radius 1 is 1.30 bits per heavy atom. The summed E-state index contributed by atoms with van der Waals surface area (Å²) in [7, 11) is 1.75. The van der Waals surface area contributed by atoms with Crippen molar-refractivity contribution < 1.29 is 4.74 Å². The van der Waals surface area contributed by atoms with Crippen LogP contribution < -0.4 is 10.1 Å². The lowest BCUT2D eigenvalue weighted by Crippen LogP contribution is -2.29. The number of hydrogen-bond donors (Lipinski definition) is 1. The predicted molar refractivity (Wildman–Crippen MR) is 82.1 cm³/mol. The van der Waals surface area contributed by atoms with Gasteiger partial charge in [0.1, 0.15) is 5.75 Å². The number of rotatable bonds is 6. The molecule has 0 spiro atoms. The van der Waals surface area contributed by atoms with Crippen LogP contribution in [-0.4, -0.2) is 37.7 Å². The third-order valence-corrected chi connectivity index (χ3v) is 4.70. The normalized spacial score (nSPS) is 24.8. The molecule has 0 radical (unpaired) electrons. The summed E-state index contributed by atoms with van der Waals surface area (Å²) in [4.78, 5) is 2.68. The first-order valence-corrected chi connectivity index (χ1v) is 7.88. The van der Waals surface area contributed by atoms with Gasteiger partial charge in [0.05, 0.1) is 7.11 Å². The highest BCUT2D eigenvalue weighted by Gasteiger charge is 2.34. The topological polar surface area (TPSA) is 24.5 Å². The molecule has 2 unspecified atom stereocenters. The summed E-state index contributed by atoms with van der Waals surface area (Å²) in [5.41, 5.74) is 1.26. The van der Waals surface area contributed by atoms with Gasteiger partial charge < -0.3 is 15.0 Å². The molecule has 0 bridgehead atoms. The summed E-state index contributed by atoms with van der Waals surface area (Å²) in [6.07, 6.45) is 4.21. The average molecular weight is 274 g/mol. The second-order valence-corrected chi connectivity index (χ2v) is 6.25. The van der Waals surface area contributed by atoms with Crippen molar-refractivity contribution in [3.63, 3.8) is 0 Å². The first-order chi connectivity index (χ1) is 9.78. The minimum absolute atomic E-state index is 0.348. The fraction of sp³-hybridized carbons (Fsp3) is 0.647. The van der Waals surface area contributed by atoms with Crippen molar-refractivity contribution in [1.82, 2.24) is 10.2 Å². The zero-order valence-electron chi connectivity index (χ0n) is 12.6. The Morgan fingerprint density at radius 2 is 2.10 bits per heavy atom. The Morgan fingerprint density at radius 3 is 2.85 bits per heavy atom. The molecule has 3 rings (SSSR count). The van der Waals surface area contributed by atoms with E-state index >= 15 is 0 Å². The quantitative estimate of drug-likeness (QED) is 0.863. The zero-order chi connectivity index (χ0) is 13.9. The van der Waals surface area contributed by atoms with Crippen molar-refractivity contribution in [3.05, 3.63) is 29.8 Å². The van der Waals surface area contributed by atoms with E-state index < -0.39 is 0 Å². The number of para-hydroxylation sites is 1. The minimum Gasteiger partial charge on any atom is -0.496 e. The van der Waals surface area contributed by atoms with Crippen molar-refractivity contribution in [2.24, 2.45) is 5.92 Å². The summed E-state index contributed by atoms with van der Waals surface area (Å²) >= 11 is 0. The van der Waals surface area contributed by atoms with Crippen LogP contribution in [0, 0.1) is 5.92 Å². The number of ether oxygens (including phenoxy) is 1. The molecule has 20 heavy (non-hydrogen) atoms. The van der Waals surface area contributed by atoms with E-state index in [9.17, 15) is 0 Å². The molecule has 2 atom stereocenters. The summed E-state index contributed by atoms with van der Waals surface area (Å²) in [5, 5.41) is 3.69. The van der Waals surface area contributed by atoms with E-state index in [1.165, 1.54) is 37.9 Å². The second-order valence-electron chi connectivity index (χ2n) is 6.25. The number of nitrogens with zero attached hydrogens (tertiary/aromatic N) is 1. The maximum atomic E-state index is 5.45. The van der Waals surface area contributed by atoms with Crippen molar-refractivity contribution in [2.75, 3.05) is 26.7 Å². The lowest BCUT2D eigenvalue weighted by Gasteiger charge is -2.20. The molecule has 110 valence electrons. The lowest BCUT2D eigenvalue weighted by molar-refractivity contribution is 0.309. The fourth-order valence-corrected chi connectivity index (χ4v) is 3.28. The second kappa shape index (κ2) is 6.15. The Balaban J connectivity index is 1.50. The molecule has 2 fully saturated rings. The van der Waals surface area contributed by atoms with Crippen molar-refractivity contribution in [1.29, 1.82) is 0 Å². The zero-order valence-corrected chi connectivity index (χ0v) is 12.6. The number of benzene rings is 1. The molecule has 1 aliphatic carbocycles. The van der Waals surface area contributed by atoms with Gasteiger partial charge in [0.2, 0.25) is 0 Å². The van der Waals surface area contributed by atoms with Crippen molar-refractivity contribution in [3.8, 4) is 5.75 Å². The average Bonchev–Trinajstić information content (AvgIpc) is 3.23. The van der Waals surface area contributed by atoms with E-state index in [0.717, 1.165) is 24.3 Å². The maximum absolute atomic E-state index is 5.45. The highest BCUT2D eigenvalue weighted by molar-refractivity contribution is 5.35. The van der Waals surface area contributed by atoms with Crippen LogP contribution in [-0.2, 0) is 0 Å². The molecular formula is C17H26N2O. The minimum atomic E-state index is 0.348. The fourth-order valence-electron chi connectivity index (χ4n) is 3.28. The van der Waals surface area contributed by atoms with E-state index in [1.807, 2.05) is 12.1 Å². The molecule has 3 heteroatoms. The van der Waals surface area contributed by atoms with Gasteiger partial charge in [-0.25, -0.2) is 0 Å². The van der Waals surface area contributed by atoms with E-state index in [0.29, 0.717) is 6.04 Å². The molecule has 1 aromatic carbocycles. The monoisotopic (exact) mass is 274 g/mol. The Kier molecular flexibility index (Phi) is 4.27. The van der Waals surface area contributed by atoms with Crippen LogP contribution in [0.25, 0.3) is 0 Å². The largest absolute Gasteiger partial charge is 0.496 e. The van der Waals surface area contributed by atoms with E-state index in [4.69, 9.17) is 4.74 Å². The van der Waals surface area contributed by atoms with Gasteiger partial charge in [-0.2, -0.15) is 0 Å². The van der Waals surface area contributed by atoms with Crippen molar-refractivity contribution in [2.45, 2.75) is 38.3 Å². The lowest BCUT2D eigenvalue weighted by atomic mass is 10.1. The van der Waals surface area contributed by atoms with E-state index in [-0.39, 0.29) is 0 Å². The van der Waals surface area contributed by atoms with Gasteiger partial charge in [0.25, 0.3) is 0 Å². The van der Waals surface area contributed by atoms with Crippen molar-refractivity contribution >= 4 is 0 Å². The Hall–Kier alpha value is -1.06. The molecule has 1 N–H and O–H groups in total. The highest BCUT2D eigenvalue weighted by atomic mass is 16.5. The summed E-state index contributed by atoms with van der Waals surface area (Å²) in [6, 6.07) is 9.58. The van der Waals surface area contributed by atoms with E-state index in [1.54, 1.807) is 7.11 Å². The van der Waals surface area contributed by atoms with Gasteiger partial charge >= 0.3 is 0 Å². The summed E-state index contributed by atoms with van der Waals surface area (Å²) in [5.74, 6) is 1.80. The molecule has 1 saturated carbocycles. The van der Waals surface area contributed by atoms with E-state index in [2.05, 4.69) is 29.3 Å². The first-order valence-electron chi connectivity index (χ1n) is 7.88. The predicted octanol–water partition coefficient (Wildman–Crippen LogP) is 2.83. The molecule has 0 amide bonds. The van der Waals surface area contributed by atoms with Gasteiger partial charge in [0, 0.05) is 24.2 Å². The molecule has 0 aromatic heterocycles. The number of nitrogens with one attached hydrogen (secondary N) is 1. The number of hydrogen-bond acceptors (Lipinski definition) is 3. The van der Waals surface area contributed by atoms with Gasteiger partial charge in [-0.05, 0) is 51.3 Å². The molecular weight excluding hydrogens is 248 g/mol. The van der Waals surface area contributed by atoms with Crippen LogP contribution in [0.2, 0.25) is 0 Å². The van der Waals surface area contributed by atoms with Crippen LogP contribution in [0.15, 0.2) is 24.3 Å².